The Kier molecular flexibility index (Phi) is 54.9. The number of aliphatic hydroxyl groups excluding tert-OH is 1. The third-order valence-corrected chi connectivity index (χ3v) is 16.3. The van der Waals surface area contributed by atoms with Gasteiger partial charge in [-0.2, -0.15) is 0 Å². The monoisotopic (exact) mass is 1040 g/mol. The van der Waals surface area contributed by atoms with E-state index >= 15 is 0 Å². The summed E-state index contributed by atoms with van der Waals surface area (Å²) < 4.78 is 23.9. The number of amides is 1. The van der Waals surface area contributed by atoms with Crippen molar-refractivity contribution in [1.82, 2.24) is 5.32 Å². The minimum absolute atomic E-state index is 0.0794. The predicted molar refractivity (Wildman–Crippen MR) is 314 cm³/mol. The van der Waals surface area contributed by atoms with E-state index in [4.69, 9.17) is 9.05 Å². The smallest absolute Gasteiger partial charge is 0.391 e. The molecular formula is C63H130N2O6P+. The molecule has 0 bridgehead atoms. The normalized spacial score (nSPS) is 13.7. The summed E-state index contributed by atoms with van der Waals surface area (Å²) >= 11 is 0. The summed E-state index contributed by atoms with van der Waals surface area (Å²) in [6, 6.07) is -0.756. The van der Waals surface area contributed by atoms with Crippen molar-refractivity contribution in [2.24, 2.45) is 0 Å². The maximum Gasteiger partial charge on any atom is 0.472 e. The lowest BCUT2D eigenvalue weighted by atomic mass is 10.0. The fourth-order valence-corrected chi connectivity index (χ4v) is 11.0. The van der Waals surface area contributed by atoms with Crippen molar-refractivity contribution >= 4 is 13.7 Å². The fourth-order valence-electron chi connectivity index (χ4n) is 10.3. The van der Waals surface area contributed by atoms with Gasteiger partial charge in [0.25, 0.3) is 0 Å². The van der Waals surface area contributed by atoms with Gasteiger partial charge in [-0.15, -0.1) is 0 Å². The third-order valence-electron chi connectivity index (χ3n) is 15.4. The Labute approximate surface area is 450 Å². The summed E-state index contributed by atoms with van der Waals surface area (Å²) in [5.74, 6) is -0.134. The second-order valence-electron chi connectivity index (χ2n) is 23.9. The minimum atomic E-state index is -4.32. The van der Waals surface area contributed by atoms with Gasteiger partial charge in [-0.25, -0.2) is 4.57 Å². The van der Waals surface area contributed by atoms with Crippen molar-refractivity contribution in [2.45, 2.75) is 360 Å². The minimum Gasteiger partial charge on any atom is -0.391 e. The number of likely N-dealkylation sites (N-methyl/N-ethyl adjacent to an activating group) is 1. The number of nitrogens with zero attached hydrogens (tertiary/aromatic N) is 1. The summed E-state index contributed by atoms with van der Waals surface area (Å²) in [4.78, 5) is 23.4. The first-order chi connectivity index (χ1) is 35.0. The van der Waals surface area contributed by atoms with Crippen LogP contribution in [-0.4, -0.2) is 73.4 Å². The molecule has 0 aromatic heterocycles. The van der Waals surface area contributed by atoms with Gasteiger partial charge in [0.1, 0.15) is 13.2 Å². The SMILES string of the molecule is CCCCCCCCCCCCCCCCCCCCCCCCCCCCCCC(O)C(COP(=O)(O)OCC[N+](C)(C)C)NC(=O)CCCCCCCCCCCCCCCCCCCCCCCC. The molecule has 0 aromatic rings. The van der Waals surface area contributed by atoms with E-state index in [1.54, 1.807) is 0 Å². The van der Waals surface area contributed by atoms with E-state index in [1.807, 2.05) is 21.1 Å². The van der Waals surface area contributed by atoms with Crippen LogP contribution in [0.25, 0.3) is 0 Å². The maximum absolute atomic E-state index is 13.0. The Bertz CT molecular complexity index is 1140. The van der Waals surface area contributed by atoms with E-state index in [2.05, 4.69) is 19.2 Å². The number of unbranched alkanes of at least 4 members (excludes halogenated alkanes) is 48. The Morgan fingerprint density at radius 1 is 0.417 bits per heavy atom. The summed E-state index contributed by atoms with van der Waals surface area (Å²) in [5.41, 5.74) is 0. The molecule has 0 aliphatic rings. The zero-order chi connectivity index (χ0) is 52.7. The topological polar surface area (TPSA) is 105 Å². The van der Waals surface area contributed by atoms with Crippen LogP contribution in [0, 0.1) is 0 Å². The van der Waals surface area contributed by atoms with Crippen LogP contribution in [0.15, 0.2) is 0 Å². The van der Waals surface area contributed by atoms with Crippen LogP contribution in [0.3, 0.4) is 0 Å². The quantitative estimate of drug-likeness (QED) is 0.0318. The number of hydrogen-bond acceptors (Lipinski definition) is 5. The zero-order valence-electron chi connectivity index (χ0n) is 49.5. The van der Waals surface area contributed by atoms with Crippen molar-refractivity contribution in [2.75, 3.05) is 40.9 Å². The molecule has 432 valence electrons. The van der Waals surface area contributed by atoms with Crippen LogP contribution < -0.4 is 5.32 Å². The van der Waals surface area contributed by atoms with Gasteiger partial charge in [0.2, 0.25) is 5.91 Å². The molecule has 0 heterocycles. The average molecular weight is 1040 g/mol. The van der Waals surface area contributed by atoms with Gasteiger partial charge in [0.15, 0.2) is 0 Å². The van der Waals surface area contributed by atoms with Gasteiger partial charge >= 0.3 is 7.82 Å². The summed E-state index contributed by atoms with van der Waals surface area (Å²) in [6.45, 7) is 4.96. The molecule has 0 aromatic carbocycles. The van der Waals surface area contributed by atoms with Crippen molar-refractivity contribution < 1.29 is 32.9 Å². The number of hydrogen-bond donors (Lipinski definition) is 3. The third kappa shape index (κ3) is 57.2. The Hall–Kier alpha value is -0.500. The predicted octanol–water partition coefficient (Wildman–Crippen LogP) is 20.0. The molecule has 9 heteroatoms. The molecule has 0 saturated carbocycles. The number of quaternary nitrogens is 1. The first-order valence-corrected chi connectivity index (χ1v) is 33.9. The molecule has 0 saturated heterocycles. The zero-order valence-corrected chi connectivity index (χ0v) is 50.4. The van der Waals surface area contributed by atoms with Gasteiger partial charge in [-0.3, -0.25) is 13.8 Å². The largest absolute Gasteiger partial charge is 0.472 e. The molecule has 3 N–H and O–H groups in total. The van der Waals surface area contributed by atoms with Gasteiger partial charge in [0.05, 0.1) is 39.9 Å². The highest BCUT2D eigenvalue weighted by Gasteiger charge is 2.28. The van der Waals surface area contributed by atoms with E-state index in [9.17, 15) is 19.4 Å². The second kappa shape index (κ2) is 55.3. The molecule has 1 amide bonds. The maximum atomic E-state index is 13.0. The molecule has 0 aliphatic heterocycles. The Balaban J connectivity index is 4.04. The molecule has 3 atom stereocenters. The number of phosphoric ester groups is 1. The summed E-state index contributed by atoms with van der Waals surface area (Å²) in [7, 11) is 1.64. The van der Waals surface area contributed by atoms with Gasteiger partial charge in [-0.05, 0) is 12.8 Å². The van der Waals surface area contributed by atoms with Gasteiger partial charge in [0, 0.05) is 6.42 Å². The molecule has 8 nitrogen and oxygen atoms in total. The van der Waals surface area contributed by atoms with E-state index in [0.717, 1.165) is 38.5 Å². The number of aliphatic hydroxyl groups is 1. The van der Waals surface area contributed by atoms with E-state index in [-0.39, 0.29) is 19.1 Å². The van der Waals surface area contributed by atoms with E-state index < -0.39 is 20.0 Å². The lowest BCUT2D eigenvalue weighted by Gasteiger charge is -2.26. The number of rotatable bonds is 61. The molecule has 0 fully saturated rings. The lowest BCUT2D eigenvalue weighted by molar-refractivity contribution is -0.870. The van der Waals surface area contributed by atoms with Gasteiger partial charge in [-0.1, -0.05) is 328 Å². The molecule has 0 spiro atoms. The highest BCUT2D eigenvalue weighted by atomic mass is 31.2. The van der Waals surface area contributed by atoms with Crippen LogP contribution in [0.5, 0.6) is 0 Å². The van der Waals surface area contributed by atoms with Crippen molar-refractivity contribution in [3.63, 3.8) is 0 Å². The lowest BCUT2D eigenvalue weighted by Crippen LogP contribution is -2.46. The van der Waals surface area contributed by atoms with E-state index in [0.29, 0.717) is 23.9 Å². The average Bonchev–Trinajstić information content (AvgIpc) is 3.34. The Morgan fingerprint density at radius 2 is 0.667 bits per heavy atom. The molecular weight excluding hydrogens is 912 g/mol. The fraction of sp³-hybridized carbons (Fsp3) is 0.984. The summed E-state index contributed by atoms with van der Waals surface area (Å²) in [5, 5.41) is 14.1. The van der Waals surface area contributed by atoms with Gasteiger partial charge < -0.3 is 19.8 Å². The number of carbonyl (C=O) groups is 1. The number of carbonyl (C=O) groups excluding carboxylic acids is 1. The van der Waals surface area contributed by atoms with Crippen LogP contribution in [0.2, 0.25) is 0 Å². The number of phosphoric acid groups is 1. The molecule has 72 heavy (non-hydrogen) atoms. The van der Waals surface area contributed by atoms with Crippen LogP contribution >= 0.6 is 7.82 Å². The van der Waals surface area contributed by atoms with Crippen molar-refractivity contribution in [3.05, 3.63) is 0 Å². The highest BCUT2D eigenvalue weighted by Crippen LogP contribution is 2.43. The highest BCUT2D eigenvalue weighted by molar-refractivity contribution is 7.47. The first kappa shape index (κ1) is 71.5. The van der Waals surface area contributed by atoms with E-state index in [1.165, 1.54) is 283 Å². The molecule has 0 aliphatic carbocycles. The second-order valence-corrected chi connectivity index (χ2v) is 25.3. The molecule has 3 unspecified atom stereocenters. The Morgan fingerprint density at radius 3 is 0.931 bits per heavy atom. The van der Waals surface area contributed by atoms with Crippen LogP contribution in [0.4, 0.5) is 0 Å². The van der Waals surface area contributed by atoms with Crippen LogP contribution in [0.1, 0.15) is 348 Å². The standard InChI is InChI=1S/C63H129N2O6P/c1-6-8-10-12-14-16-18-20-22-24-26-28-30-31-32-33-34-35-36-38-40-42-44-46-48-50-52-54-56-62(66)61(60-71-72(68,69)70-59-58-65(3,4)5)64-63(67)57-55-53-51-49-47-45-43-41-39-37-29-27-25-23-21-19-17-15-13-11-9-7-2/h61-62,66H,6-60H2,1-5H3,(H-,64,67,68,69)/p+1. The first-order valence-electron chi connectivity index (χ1n) is 32.4. The van der Waals surface area contributed by atoms with Crippen LogP contribution in [-0.2, 0) is 18.4 Å². The van der Waals surface area contributed by atoms with Crippen molar-refractivity contribution in [1.29, 1.82) is 0 Å². The molecule has 0 rings (SSSR count). The molecule has 0 radical (unpaired) electrons. The van der Waals surface area contributed by atoms with Crippen molar-refractivity contribution in [3.8, 4) is 0 Å². The number of nitrogens with one attached hydrogen (secondary N) is 1. The summed E-state index contributed by atoms with van der Waals surface area (Å²) in [6.07, 6.45) is 67.5.